The van der Waals surface area contributed by atoms with Gasteiger partial charge in [-0.15, -0.1) is 0 Å². The zero-order valence-corrected chi connectivity index (χ0v) is 12.4. The highest BCUT2D eigenvalue weighted by molar-refractivity contribution is 6.30. The molecule has 1 amide bonds. The lowest BCUT2D eigenvalue weighted by molar-refractivity contribution is 0.102. The molecule has 0 spiro atoms. The Kier molecular flexibility index (Phi) is 3.77. The van der Waals surface area contributed by atoms with Crippen molar-refractivity contribution in [3.63, 3.8) is 0 Å². The first kappa shape index (κ1) is 14.5. The van der Waals surface area contributed by atoms with Crippen molar-refractivity contribution in [1.82, 2.24) is 14.4 Å². The van der Waals surface area contributed by atoms with Crippen LogP contribution in [0.25, 0.3) is 5.65 Å². The summed E-state index contributed by atoms with van der Waals surface area (Å²) >= 11 is 5.76. The van der Waals surface area contributed by atoms with E-state index in [4.69, 9.17) is 11.6 Å². The molecule has 0 aliphatic rings. The lowest BCUT2D eigenvalue weighted by Crippen LogP contribution is -2.17. The second kappa shape index (κ2) is 5.73. The highest BCUT2D eigenvalue weighted by Gasteiger charge is 2.19. The smallest absolute Gasteiger partial charge is 0.275 e. The maximum Gasteiger partial charge on any atom is 0.275 e. The molecule has 1 N–H and O–H groups in total. The average molecular weight is 319 g/mol. The lowest BCUT2D eigenvalue weighted by atomic mass is 10.2. The van der Waals surface area contributed by atoms with Crippen molar-refractivity contribution in [3.8, 4) is 0 Å². The van der Waals surface area contributed by atoms with Gasteiger partial charge in [-0.25, -0.2) is 14.4 Å². The number of carbonyl (C=O) groups excluding carboxylic acids is 1. The van der Waals surface area contributed by atoms with Crippen LogP contribution in [-0.2, 0) is 6.42 Å². The molecule has 3 heterocycles. The van der Waals surface area contributed by atoms with Gasteiger partial charge in [-0.05, 0) is 30.7 Å². The summed E-state index contributed by atoms with van der Waals surface area (Å²) in [7, 11) is 0. The number of nitrogens with one attached hydrogen (secondary N) is 1. The normalized spacial score (nSPS) is 10.9. The maximum atomic E-state index is 13.5. The van der Waals surface area contributed by atoms with Crippen molar-refractivity contribution in [2.45, 2.75) is 13.3 Å². The quantitative estimate of drug-likeness (QED) is 0.805. The van der Waals surface area contributed by atoms with Gasteiger partial charge in [0, 0.05) is 12.4 Å². The summed E-state index contributed by atoms with van der Waals surface area (Å²) in [6.07, 6.45) is 3.23. The van der Waals surface area contributed by atoms with Crippen molar-refractivity contribution in [2.75, 3.05) is 5.32 Å². The third-order valence-electron chi connectivity index (χ3n) is 3.17. The van der Waals surface area contributed by atoms with Gasteiger partial charge < -0.3 is 5.32 Å². The predicted molar refractivity (Wildman–Crippen MR) is 81.7 cm³/mol. The monoisotopic (exact) mass is 318 g/mol. The Morgan fingerprint density at radius 2 is 2.18 bits per heavy atom. The number of fused-ring (bicyclic) bond motifs is 1. The van der Waals surface area contributed by atoms with Gasteiger partial charge in [0.2, 0.25) is 0 Å². The van der Waals surface area contributed by atoms with Crippen LogP contribution in [0, 0.1) is 5.82 Å². The molecule has 0 saturated carbocycles. The van der Waals surface area contributed by atoms with Gasteiger partial charge in [0.15, 0.2) is 0 Å². The number of imidazole rings is 1. The van der Waals surface area contributed by atoms with Crippen LogP contribution >= 0.6 is 11.6 Å². The van der Waals surface area contributed by atoms with Gasteiger partial charge in [0.25, 0.3) is 5.91 Å². The van der Waals surface area contributed by atoms with E-state index in [1.165, 1.54) is 28.9 Å². The van der Waals surface area contributed by atoms with Crippen molar-refractivity contribution >= 4 is 29.0 Å². The van der Waals surface area contributed by atoms with Crippen molar-refractivity contribution in [2.24, 2.45) is 0 Å². The van der Waals surface area contributed by atoms with Crippen LogP contribution in [0.2, 0.25) is 5.02 Å². The number of pyridine rings is 2. The molecule has 112 valence electrons. The number of amides is 1. The number of aryl methyl sites for hydroxylation is 1. The molecule has 3 rings (SSSR count). The average Bonchev–Trinajstić information content (AvgIpc) is 2.87. The molecule has 0 radical (unpaired) electrons. The van der Waals surface area contributed by atoms with Crippen molar-refractivity contribution < 1.29 is 9.18 Å². The van der Waals surface area contributed by atoms with Crippen LogP contribution in [0.5, 0.6) is 0 Å². The van der Waals surface area contributed by atoms with E-state index in [-0.39, 0.29) is 0 Å². The standard InChI is InChI=1S/C15H12ClFN4O/c1-2-11-14(21-8-10(17)4-6-13(21)19-11)15(22)20-12-5-3-9(16)7-18-12/h3-8H,2H2,1H3,(H,18,20,22). The van der Waals surface area contributed by atoms with E-state index in [1.54, 1.807) is 12.1 Å². The molecule has 0 atom stereocenters. The van der Waals surface area contributed by atoms with Crippen molar-refractivity contribution in [3.05, 3.63) is 58.9 Å². The van der Waals surface area contributed by atoms with Crippen LogP contribution < -0.4 is 5.32 Å². The van der Waals surface area contributed by atoms with Gasteiger partial charge in [0.05, 0.1) is 10.7 Å². The van der Waals surface area contributed by atoms with E-state index in [0.717, 1.165) is 0 Å². The number of anilines is 1. The molecular formula is C15H12ClFN4O. The fourth-order valence-electron chi connectivity index (χ4n) is 2.18. The second-order valence-electron chi connectivity index (χ2n) is 4.65. The molecule has 7 heteroatoms. The Morgan fingerprint density at radius 3 is 2.86 bits per heavy atom. The summed E-state index contributed by atoms with van der Waals surface area (Å²) in [5.74, 6) is -0.473. The molecule has 5 nitrogen and oxygen atoms in total. The summed E-state index contributed by atoms with van der Waals surface area (Å²) < 4.78 is 14.9. The Labute approximate surface area is 130 Å². The Bertz CT molecular complexity index is 845. The molecule has 0 fully saturated rings. The number of halogens is 2. The van der Waals surface area contributed by atoms with Crippen LogP contribution in [0.4, 0.5) is 10.2 Å². The molecule has 22 heavy (non-hydrogen) atoms. The lowest BCUT2D eigenvalue weighted by Gasteiger charge is -2.06. The minimum absolute atomic E-state index is 0.300. The van der Waals surface area contributed by atoms with Crippen LogP contribution in [0.1, 0.15) is 23.1 Å². The van der Waals surface area contributed by atoms with Crippen LogP contribution in [0.15, 0.2) is 36.7 Å². The van der Waals surface area contributed by atoms with E-state index in [1.807, 2.05) is 6.92 Å². The maximum absolute atomic E-state index is 13.5. The summed E-state index contributed by atoms with van der Waals surface area (Å²) in [5, 5.41) is 3.14. The Morgan fingerprint density at radius 1 is 1.36 bits per heavy atom. The number of hydrogen-bond acceptors (Lipinski definition) is 3. The number of rotatable bonds is 3. The molecular weight excluding hydrogens is 307 g/mol. The number of nitrogens with zero attached hydrogens (tertiary/aromatic N) is 3. The third kappa shape index (κ3) is 2.65. The van der Waals surface area contributed by atoms with E-state index in [2.05, 4.69) is 15.3 Å². The fraction of sp³-hybridized carbons (Fsp3) is 0.133. The minimum Gasteiger partial charge on any atom is -0.305 e. The first-order valence-corrected chi connectivity index (χ1v) is 7.05. The third-order valence-corrected chi connectivity index (χ3v) is 3.40. The van der Waals surface area contributed by atoms with Gasteiger partial charge in [-0.1, -0.05) is 18.5 Å². The highest BCUT2D eigenvalue weighted by Crippen LogP contribution is 2.17. The second-order valence-corrected chi connectivity index (χ2v) is 5.09. The molecule has 3 aromatic rings. The van der Waals surface area contributed by atoms with Crippen molar-refractivity contribution in [1.29, 1.82) is 0 Å². The molecule has 0 aliphatic heterocycles. The Balaban J connectivity index is 2.02. The SMILES string of the molecule is CCc1nc2ccc(F)cn2c1C(=O)Nc1ccc(Cl)cn1. The molecule has 0 aliphatic carbocycles. The summed E-state index contributed by atoms with van der Waals surface area (Å²) in [6, 6.07) is 6.06. The van der Waals surface area contributed by atoms with E-state index in [9.17, 15) is 9.18 Å². The predicted octanol–water partition coefficient (Wildman–Crippen LogP) is 3.34. The fourth-order valence-corrected chi connectivity index (χ4v) is 2.29. The number of aromatic nitrogens is 3. The molecule has 0 bridgehead atoms. The molecule has 0 saturated heterocycles. The van der Waals surface area contributed by atoms with Crippen LogP contribution in [0.3, 0.4) is 0 Å². The zero-order chi connectivity index (χ0) is 15.7. The molecule has 3 aromatic heterocycles. The summed E-state index contributed by atoms with van der Waals surface area (Å²) in [4.78, 5) is 20.9. The van der Waals surface area contributed by atoms with Gasteiger partial charge in [0.1, 0.15) is 23.0 Å². The van der Waals surface area contributed by atoms with Crippen LogP contribution in [-0.4, -0.2) is 20.3 Å². The van der Waals surface area contributed by atoms with E-state index in [0.29, 0.717) is 34.3 Å². The largest absolute Gasteiger partial charge is 0.305 e. The minimum atomic E-state index is -0.439. The van der Waals surface area contributed by atoms with Gasteiger partial charge in [-0.2, -0.15) is 0 Å². The number of hydrogen-bond donors (Lipinski definition) is 1. The zero-order valence-electron chi connectivity index (χ0n) is 11.7. The van der Waals surface area contributed by atoms with E-state index >= 15 is 0 Å². The highest BCUT2D eigenvalue weighted by atomic mass is 35.5. The molecule has 0 aromatic carbocycles. The topological polar surface area (TPSA) is 59.3 Å². The Hall–Kier alpha value is -2.47. The van der Waals surface area contributed by atoms with Gasteiger partial charge >= 0.3 is 0 Å². The number of carbonyl (C=O) groups is 1. The summed E-state index contributed by atoms with van der Waals surface area (Å²) in [5.41, 5.74) is 1.42. The molecule has 0 unspecified atom stereocenters. The van der Waals surface area contributed by atoms with E-state index < -0.39 is 11.7 Å². The van der Waals surface area contributed by atoms with Gasteiger partial charge in [-0.3, -0.25) is 9.20 Å². The summed E-state index contributed by atoms with van der Waals surface area (Å²) in [6.45, 7) is 1.88. The first-order valence-electron chi connectivity index (χ1n) is 6.68. The first-order chi connectivity index (χ1) is 10.6.